The maximum atomic E-state index is 13.9. The fraction of sp³-hybridized carbons (Fsp3) is 0.286. The molecule has 39 heavy (non-hydrogen) atoms. The van der Waals surface area contributed by atoms with Gasteiger partial charge >= 0.3 is 0 Å². The summed E-state index contributed by atoms with van der Waals surface area (Å²) in [4.78, 5) is 28.0. The van der Waals surface area contributed by atoms with Crippen LogP contribution in [-0.2, 0) is 26.2 Å². The molecule has 0 radical (unpaired) electrons. The van der Waals surface area contributed by atoms with E-state index in [0.29, 0.717) is 33.7 Å². The summed E-state index contributed by atoms with van der Waals surface area (Å²) in [7, 11) is -2.71. The van der Waals surface area contributed by atoms with Crippen LogP contribution in [-0.4, -0.2) is 51.4 Å². The second-order valence-corrected chi connectivity index (χ2v) is 11.2. The third-order valence-electron chi connectivity index (χ3n) is 6.07. The molecule has 8 nitrogen and oxygen atoms in total. The number of hydrogen-bond donors (Lipinski definition) is 1. The van der Waals surface area contributed by atoms with Gasteiger partial charge < -0.3 is 15.0 Å². The zero-order chi connectivity index (χ0) is 28.6. The Hall–Kier alpha value is -3.27. The van der Waals surface area contributed by atoms with Crippen LogP contribution in [0.25, 0.3) is 0 Å². The number of hydrogen-bond acceptors (Lipinski definition) is 5. The Labute approximate surface area is 239 Å². The van der Waals surface area contributed by atoms with Crippen molar-refractivity contribution in [3.8, 4) is 5.75 Å². The normalized spacial score (nSPS) is 11.9. The second kappa shape index (κ2) is 13.7. The van der Waals surface area contributed by atoms with Crippen LogP contribution >= 0.6 is 23.2 Å². The van der Waals surface area contributed by atoms with Crippen molar-refractivity contribution in [1.82, 2.24) is 10.2 Å². The van der Waals surface area contributed by atoms with Gasteiger partial charge in [0, 0.05) is 29.2 Å². The van der Waals surface area contributed by atoms with Gasteiger partial charge in [0.15, 0.2) is 0 Å². The van der Waals surface area contributed by atoms with Crippen molar-refractivity contribution in [2.24, 2.45) is 0 Å². The highest BCUT2D eigenvalue weighted by atomic mass is 35.5. The first-order valence-corrected chi connectivity index (χ1v) is 14.6. The lowest BCUT2D eigenvalue weighted by atomic mass is 10.1. The van der Waals surface area contributed by atoms with E-state index in [1.165, 1.54) is 24.1 Å². The summed E-state index contributed by atoms with van der Waals surface area (Å²) in [5, 5.41) is 3.24. The molecule has 0 saturated carbocycles. The Balaban J connectivity index is 2.05. The number of amides is 2. The predicted molar refractivity (Wildman–Crippen MR) is 154 cm³/mol. The summed E-state index contributed by atoms with van der Waals surface area (Å²) in [6.07, 6.45) is 0.282. The number of anilines is 1. The van der Waals surface area contributed by atoms with Crippen LogP contribution in [0.2, 0.25) is 10.0 Å². The van der Waals surface area contributed by atoms with Gasteiger partial charge in [0.2, 0.25) is 11.8 Å². The van der Waals surface area contributed by atoms with Crippen LogP contribution < -0.4 is 14.4 Å². The van der Waals surface area contributed by atoms with E-state index in [-0.39, 0.29) is 17.9 Å². The van der Waals surface area contributed by atoms with Crippen molar-refractivity contribution in [3.63, 3.8) is 0 Å². The van der Waals surface area contributed by atoms with E-state index in [2.05, 4.69) is 5.32 Å². The zero-order valence-corrected chi connectivity index (χ0v) is 24.3. The molecule has 0 heterocycles. The minimum atomic E-state index is -4.18. The second-order valence-electron chi connectivity index (χ2n) is 8.51. The van der Waals surface area contributed by atoms with Crippen LogP contribution in [0.5, 0.6) is 5.75 Å². The van der Waals surface area contributed by atoms with Crippen molar-refractivity contribution in [1.29, 1.82) is 0 Å². The van der Waals surface area contributed by atoms with Gasteiger partial charge in [-0.3, -0.25) is 13.9 Å². The number of nitrogens with one attached hydrogen (secondary N) is 1. The number of halogens is 2. The standard InChI is InChI=1S/C28H31Cl2N3O5S/c1-4-26(28(35)31-3)32(18-23-24(29)12-9-13-25(23)30)27(34)19-33(20-10-7-6-8-11-20)39(36,37)22-16-14-21(15-17-22)38-5-2/h6-17,26H,4-5,18-19H2,1-3H3,(H,31,35)/t26-/m1/s1. The lowest BCUT2D eigenvalue weighted by Crippen LogP contribution is -2.51. The van der Waals surface area contributed by atoms with Crippen LogP contribution in [0.1, 0.15) is 25.8 Å². The molecule has 0 aromatic heterocycles. The van der Waals surface area contributed by atoms with E-state index in [1.54, 1.807) is 67.6 Å². The third-order valence-corrected chi connectivity index (χ3v) is 8.56. The summed E-state index contributed by atoms with van der Waals surface area (Å²) in [6, 6.07) is 18.4. The van der Waals surface area contributed by atoms with Gasteiger partial charge in [-0.05, 0) is 61.9 Å². The maximum Gasteiger partial charge on any atom is 0.264 e. The van der Waals surface area contributed by atoms with Gasteiger partial charge in [-0.25, -0.2) is 8.42 Å². The minimum absolute atomic E-state index is 0.0124. The molecule has 0 fully saturated rings. The number of carbonyl (C=O) groups excluding carboxylic acids is 2. The minimum Gasteiger partial charge on any atom is -0.494 e. The number of carbonyl (C=O) groups is 2. The molecule has 3 aromatic carbocycles. The van der Waals surface area contributed by atoms with E-state index in [9.17, 15) is 18.0 Å². The smallest absolute Gasteiger partial charge is 0.264 e. The third kappa shape index (κ3) is 7.23. The van der Waals surface area contributed by atoms with Crippen molar-refractivity contribution in [2.75, 3.05) is 24.5 Å². The molecule has 2 amide bonds. The van der Waals surface area contributed by atoms with Gasteiger partial charge in [0.05, 0.1) is 17.2 Å². The molecule has 0 spiro atoms. The largest absolute Gasteiger partial charge is 0.494 e. The highest BCUT2D eigenvalue weighted by Gasteiger charge is 2.34. The van der Waals surface area contributed by atoms with E-state index < -0.39 is 34.4 Å². The van der Waals surface area contributed by atoms with Crippen molar-refractivity contribution in [3.05, 3.63) is 88.4 Å². The molecule has 1 atom stereocenters. The number of likely N-dealkylation sites (N-methyl/N-ethyl adjacent to an activating group) is 1. The molecule has 0 aliphatic rings. The van der Waals surface area contributed by atoms with Crippen LogP contribution in [0, 0.1) is 0 Å². The lowest BCUT2D eigenvalue weighted by molar-refractivity contribution is -0.140. The SMILES string of the molecule is CCOc1ccc(S(=O)(=O)N(CC(=O)N(Cc2c(Cl)cccc2Cl)[C@H](CC)C(=O)NC)c2ccccc2)cc1. The Bertz CT molecular complexity index is 1370. The number of para-hydroxylation sites is 1. The average molecular weight is 593 g/mol. The first-order chi connectivity index (χ1) is 18.6. The highest BCUT2D eigenvalue weighted by molar-refractivity contribution is 7.92. The molecule has 11 heteroatoms. The molecular weight excluding hydrogens is 561 g/mol. The summed E-state index contributed by atoms with van der Waals surface area (Å²) in [5.74, 6) is -0.465. The molecule has 0 unspecified atom stereocenters. The quantitative estimate of drug-likeness (QED) is 0.314. The summed E-state index contributed by atoms with van der Waals surface area (Å²) < 4.78 is 34.2. The fourth-order valence-corrected chi connectivity index (χ4v) is 6.00. The molecule has 0 aliphatic heterocycles. The Morgan fingerprint density at radius 3 is 2.08 bits per heavy atom. The van der Waals surface area contributed by atoms with Crippen molar-refractivity contribution < 1.29 is 22.7 Å². The van der Waals surface area contributed by atoms with Crippen molar-refractivity contribution >= 4 is 50.7 Å². The number of rotatable bonds is 12. The number of nitrogens with zero attached hydrogens (tertiary/aromatic N) is 2. The highest BCUT2D eigenvalue weighted by Crippen LogP contribution is 2.29. The maximum absolute atomic E-state index is 13.9. The van der Waals surface area contributed by atoms with Gasteiger partial charge in [0.1, 0.15) is 18.3 Å². The van der Waals surface area contributed by atoms with Gasteiger partial charge in [-0.15, -0.1) is 0 Å². The van der Waals surface area contributed by atoms with Gasteiger partial charge in [-0.1, -0.05) is 54.4 Å². The van der Waals surface area contributed by atoms with Gasteiger partial charge in [0.25, 0.3) is 10.0 Å². The molecule has 3 aromatic rings. The molecule has 0 bridgehead atoms. The van der Waals surface area contributed by atoms with Crippen LogP contribution in [0.15, 0.2) is 77.7 Å². The van der Waals surface area contributed by atoms with E-state index in [0.717, 1.165) is 4.31 Å². The molecule has 0 saturated heterocycles. The average Bonchev–Trinajstić information content (AvgIpc) is 2.93. The van der Waals surface area contributed by atoms with E-state index >= 15 is 0 Å². The fourth-order valence-electron chi connectivity index (χ4n) is 4.06. The Morgan fingerprint density at radius 2 is 1.54 bits per heavy atom. The van der Waals surface area contributed by atoms with E-state index in [1.807, 2.05) is 6.92 Å². The monoisotopic (exact) mass is 591 g/mol. The molecule has 1 N–H and O–H groups in total. The first kappa shape index (κ1) is 30.3. The number of ether oxygens (including phenoxy) is 1. The van der Waals surface area contributed by atoms with Crippen molar-refractivity contribution in [2.45, 2.75) is 37.8 Å². The Morgan fingerprint density at radius 1 is 0.923 bits per heavy atom. The van der Waals surface area contributed by atoms with Crippen LogP contribution in [0.3, 0.4) is 0 Å². The summed E-state index contributed by atoms with van der Waals surface area (Å²) in [5.41, 5.74) is 0.751. The first-order valence-electron chi connectivity index (χ1n) is 12.4. The van der Waals surface area contributed by atoms with Crippen LogP contribution in [0.4, 0.5) is 5.69 Å². The summed E-state index contributed by atoms with van der Waals surface area (Å²) >= 11 is 12.8. The molecule has 208 valence electrons. The lowest BCUT2D eigenvalue weighted by Gasteiger charge is -2.33. The Kier molecular flexibility index (Phi) is 10.6. The number of benzene rings is 3. The molecule has 0 aliphatic carbocycles. The van der Waals surface area contributed by atoms with Gasteiger partial charge in [-0.2, -0.15) is 0 Å². The zero-order valence-electron chi connectivity index (χ0n) is 21.9. The topological polar surface area (TPSA) is 96.0 Å². The molecule has 3 rings (SSSR count). The predicted octanol–water partition coefficient (Wildman–Crippen LogP) is 5.14. The van der Waals surface area contributed by atoms with E-state index in [4.69, 9.17) is 27.9 Å². The molecular formula is C28H31Cl2N3O5S. The summed E-state index contributed by atoms with van der Waals surface area (Å²) in [6.45, 7) is 3.38. The number of sulfonamides is 1.